The highest BCUT2D eigenvalue weighted by atomic mass is 19.1. The van der Waals surface area contributed by atoms with Crippen LogP contribution in [0.5, 0.6) is 0 Å². The smallest absolute Gasteiger partial charge is 0.255 e. The Morgan fingerprint density at radius 3 is 2.74 bits per heavy atom. The zero-order valence-electron chi connectivity index (χ0n) is 12.5. The van der Waals surface area contributed by atoms with Gasteiger partial charge in [0.2, 0.25) is 0 Å². The number of carbonyl (C=O) groups is 1. The van der Waals surface area contributed by atoms with Crippen molar-refractivity contribution in [2.45, 2.75) is 18.9 Å². The normalized spacial score (nSPS) is 17.2. The lowest BCUT2D eigenvalue weighted by atomic mass is 10.2. The number of benzene rings is 1. The summed E-state index contributed by atoms with van der Waals surface area (Å²) in [6.45, 7) is 1.19. The summed E-state index contributed by atoms with van der Waals surface area (Å²) in [6, 6.07) is 8.32. The standard InChI is InChI=1S/C17H17FN2O3/c18-13-4-6-14(7-5-13)20-11-12(3-8-16(20)21)17(22)19-10-15-2-1-9-23-15/h3-8,11,15H,1-2,9-10H2,(H,19,22). The molecule has 1 saturated heterocycles. The van der Waals surface area contributed by atoms with Gasteiger partial charge in [0.25, 0.3) is 11.5 Å². The third kappa shape index (κ3) is 3.65. The number of nitrogens with zero attached hydrogens (tertiary/aromatic N) is 1. The highest BCUT2D eigenvalue weighted by molar-refractivity contribution is 5.93. The van der Waals surface area contributed by atoms with E-state index in [9.17, 15) is 14.0 Å². The van der Waals surface area contributed by atoms with Crippen LogP contribution in [-0.2, 0) is 4.74 Å². The van der Waals surface area contributed by atoms with Crippen LogP contribution in [0.15, 0.2) is 47.4 Å². The van der Waals surface area contributed by atoms with E-state index in [0.29, 0.717) is 17.8 Å². The molecule has 6 heteroatoms. The lowest BCUT2D eigenvalue weighted by Crippen LogP contribution is -2.32. The van der Waals surface area contributed by atoms with Crippen LogP contribution in [0.4, 0.5) is 4.39 Å². The topological polar surface area (TPSA) is 60.3 Å². The molecule has 0 bridgehead atoms. The van der Waals surface area contributed by atoms with Crippen molar-refractivity contribution in [3.8, 4) is 5.69 Å². The maximum atomic E-state index is 13.0. The molecule has 1 aliphatic rings. The molecule has 1 aromatic carbocycles. The van der Waals surface area contributed by atoms with Gasteiger partial charge in [-0.1, -0.05) is 0 Å². The predicted molar refractivity (Wildman–Crippen MR) is 83.3 cm³/mol. The Kier molecular flexibility index (Phi) is 4.52. The molecule has 0 aliphatic carbocycles. The quantitative estimate of drug-likeness (QED) is 0.937. The number of ether oxygens (including phenoxy) is 1. The number of nitrogens with one attached hydrogen (secondary N) is 1. The molecule has 0 saturated carbocycles. The molecule has 3 rings (SSSR count). The van der Waals surface area contributed by atoms with E-state index < -0.39 is 0 Å². The second-order valence-corrected chi connectivity index (χ2v) is 5.45. The second kappa shape index (κ2) is 6.75. The fraction of sp³-hybridized carbons (Fsp3) is 0.294. The van der Waals surface area contributed by atoms with Crippen molar-refractivity contribution in [2.24, 2.45) is 0 Å². The lowest BCUT2D eigenvalue weighted by Gasteiger charge is -2.12. The predicted octanol–water partition coefficient (Wildman–Crippen LogP) is 1.89. The molecule has 1 aromatic heterocycles. The molecular formula is C17H17FN2O3. The first kappa shape index (κ1) is 15.4. The zero-order chi connectivity index (χ0) is 16.2. The molecule has 0 radical (unpaired) electrons. The van der Waals surface area contributed by atoms with Crippen LogP contribution < -0.4 is 10.9 Å². The van der Waals surface area contributed by atoms with Gasteiger partial charge in [0, 0.05) is 31.1 Å². The summed E-state index contributed by atoms with van der Waals surface area (Å²) in [5.74, 6) is -0.649. The first-order valence-electron chi connectivity index (χ1n) is 7.52. The van der Waals surface area contributed by atoms with Gasteiger partial charge in [0.1, 0.15) is 5.82 Å². The highest BCUT2D eigenvalue weighted by Gasteiger charge is 2.17. The zero-order valence-corrected chi connectivity index (χ0v) is 12.5. The molecule has 1 N–H and O–H groups in total. The maximum absolute atomic E-state index is 13.0. The van der Waals surface area contributed by atoms with Crippen molar-refractivity contribution < 1.29 is 13.9 Å². The van der Waals surface area contributed by atoms with E-state index in [2.05, 4.69) is 5.32 Å². The Labute approximate surface area is 132 Å². The molecule has 2 heterocycles. The van der Waals surface area contributed by atoms with Crippen molar-refractivity contribution in [3.05, 3.63) is 64.3 Å². The monoisotopic (exact) mass is 316 g/mol. The van der Waals surface area contributed by atoms with Gasteiger partial charge in [-0.2, -0.15) is 0 Å². The number of amides is 1. The Balaban J connectivity index is 1.77. The number of carbonyl (C=O) groups excluding carboxylic acids is 1. The van der Waals surface area contributed by atoms with Gasteiger partial charge < -0.3 is 10.1 Å². The van der Waals surface area contributed by atoms with Crippen LogP contribution >= 0.6 is 0 Å². The van der Waals surface area contributed by atoms with Crippen LogP contribution in [0.25, 0.3) is 5.69 Å². The van der Waals surface area contributed by atoms with Gasteiger partial charge >= 0.3 is 0 Å². The van der Waals surface area contributed by atoms with E-state index in [4.69, 9.17) is 4.74 Å². The molecule has 1 amide bonds. The molecule has 120 valence electrons. The van der Waals surface area contributed by atoms with Crippen LogP contribution in [0.3, 0.4) is 0 Å². The number of hydrogen-bond acceptors (Lipinski definition) is 3. The number of aromatic nitrogens is 1. The molecule has 0 spiro atoms. The summed E-state index contributed by atoms with van der Waals surface area (Å²) >= 11 is 0. The first-order chi connectivity index (χ1) is 11.1. The third-order valence-corrected chi connectivity index (χ3v) is 3.79. The lowest BCUT2D eigenvalue weighted by molar-refractivity contribution is 0.0857. The van der Waals surface area contributed by atoms with E-state index in [-0.39, 0.29) is 23.4 Å². The van der Waals surface area contributed by atoms with Gasteiger partial charge in [-0.25, -0.2) is 4.39 Å². The minimum Gasteiger partial charge on any atom is -0.376 e. The van der Waals surface area contributed by atoms with Crippen molar-refractivity contribution in [3.63, 3.8) is 0 Å². The van der Waals surface area contributed by atoms with Gasteiger partial charge in [-0.15, -0.1) is 0 Å². The van der Waals surface area contributed by atoms with E-state index in [1.165, 1.54) is 47.2 Å². The molecule has 1 fully saturated rings. The molecule has 5 nitrogen and oxygen atoms in total. The van der Waals surface area contributed by atoms with Gasteiger partial charge in [0.15, 0.2) is 0 Å². The molecule has 23 heavy (non-hydrogen) atoms. The molecule has 1 unspecified atom stereocenters. The van der Waals surface area contributed by atoms with E-state index in [1.54, 1.807) is 0 Å². The second-order valence-electron chi connectivity index (χ2n) is 5.45. The Morgan fingerprint density at radius 1 is 1.26 bits per heavy atom. The van der Waals surface area contributed by atoms with E-state index in [0.717, 1.165) is 19.4 Å². The number of halogens is 1. The molecule has 1 aliphatic heterocycles. The Bertz CT molecular complexity index is 749. The van der Waals surface area contributed by atoms with Crippen LogP contribution in [0.2, 0.25) is 0 Å². The third-order valence-electron chi connectivity index (χ3n) is 3.79. The van der Waals surface area contributed by atoms with E-state index >= 15 is 0 Å². The number of hydrogen-bond donors (Lipinski definition) is 1. The number of rotatable bonds is 4. The van der Waals surface area contributed by atoms with Crippen molar-refractivity contribution >= 4 is 5.91 Å². The van der Waals surface area contributed by atoms with Gasteiger partial charge in [0.05, 0.1) is 11.7 Å². The van der Waals surface area contributed by atoms with Crippen molar-refractivity contribution in [2.75, 3.05) is 13.2 Å². The minimum atomic E-state index is -0.382. The largest absolute Gasteiger partial charge is 0.376 e. The van der Waals surface area contributed by atoms with Gasteiger partial charge in [-0.05, 0) is 43.2 Å². The summed E-state index contributed by atoms with van der Waals surface area (Å²) in [5.41, 5.74) is 0.587. The average molecular weight is 316 g/mol. The Hall–Kier alpha value is -2.47. The van der Waals surface area contributed by atoms with Crippen LogP contribution in [-0.4, -0.2) is 29.7 Å². The van der Waals surface area contributed by atoms with Crippen molar-refractivity contribution in [1.29, 1.82) is 0 Å². The summed E-state index contributed by atoms with van der Waals surface area (Å²) in [4.78, 5) is 24.2. The summed E-state index contributed by atoms with van der Waals surface area (Å²) in [6.07, 6.45) is 3.47. The highest BCUT2D eigenvalue weighted by Crippen LogP contribution is 2.11. The van der Waals surface area contributed by atoms with Crippen LogP contribution in [0.1, 0.15) is 23.2 Å². The van der Waals surface area contributed by atoms with Gasteiger partial charge in [-0.3, -0.25) is 14.2 Å². The van der Waals surface area contributed by atoms with Crippen LogP contribution in [0, 0.1) is 5.82 Å². The average Bonchev–Trinajstić information content (AvgIpc) is 3.07. The summed E-state index contributed by atoms with van der Waals surface area (Å²) in [5, 5.41) is 2.81. The summed E-state index contributed by atoms with van der Waals surface area (Å²) in [7, 11) is 0. The number of pyridine rings is 1. The molecule has 1 atom stereocenters. The fourth-order valence-electron chi connectivity index (χ4n) is 2.54. The Morgan fingerprint density at radius 2 is 2.04 bits per heavy atom. The van der Waals surface area contributed by atoms with E-state index in [1.807, 2.05) is 0 Å². The first-order valence-corrected chi connectivity index (χ1v) is 7.52. The van der Waals surface area contributed by atoms with Crippen molar-refractivity contribution in [1.82, 2.24) is 9.88 Å². The summed E-state index contributed by atoms with van der Waals surface area (Å²) < 4.78 is 19.8. The minimum absolute atomic E-state index is 0.0574. The molecule has 2 aromatic rings. The maximum Gasteiger partial charge on any atom is 0.255 e. The fourth-order valence-corrected chi connectivity index (χ4v) is 2.54. The molecular weight excluding hydrogens is 299 g/mol. The SMILES string of the molecule is O=C(NCC1CCCO1)c1ccc(=O)n(-c2ccc(F)cc2)c1.